The van der Waals surface area contributed by atoms with Crippen molar-refractivity contribution in [3.8, 4) is 6.07 Å². The largest absolute Gasteiger partial charge is 0.364 e. The van der Waals surface area contributed by atoms with E-state index in [0.717, 1.165) is 37.2 Å². The number of amides is 1. The maximum absolute atomic E-state index is 12.1. The molecule has 0 unspecified atom stereocenters. The molecular weight excluding hydrogens is 238 g/mol. The summed E-state index contributed by atoms with van der Waals surface area (Å²) in [6, 6.07) is 7.92. The molecule has 0 saturated carbocycles. The minimum absolute atomic E-state index is 0.143. The highest BCUT2D eigenvalue weighted by Crippen LogP contribution is 2.20. The summed E-state index contributed by atoms with van der Waals surface area (Å²) < 4.78 is 0. The Morgan fingerprint density at radius 2 is 2.11 bits per heavy atom. The first-order valence-electron chi connectivity index (χ1n) is 6.61. The fourth-order valence-corrected chi connectivity index (χ4v) is 2.43. The lowest BCUT2D eigenvalue weighted by Gasteiger charge is -2.23. The van der Waals surface area contributed by atoms with Crippen LogP contribution >= 0.6 is 0 Å². The first-order valence-corrected chi connectivity index (χ1v) is 6.61. The molecule has 0 atom stereocenters. The number of likely N-dealkylation sites (tertiary alicyclic amines) is 1. The van der Waals surface area contributed by atoms with E-state index in [1.54, 1.807) is 0 Å². The van der Waals surface area contributed by atoms with E-state index in [0.29, 0.717) is 12.1 Å². The molecule has 1 heterocycles. The number of likely N-dealkylation sites (N-methyl/N-ethyl adjacent to an activating group) is 1. The van der Waals surface area contributed by atoms with Gasteiger partial charge >= 0.3 is 0 Å². The number of nitrogens with zero attached hydrogens (tertiary/aromatic N) is 3. The van der Waals surface area contributed by atoms with Crippen LogP contribution in [0.2, 0.25) is 0 Å². The summed E-state index contributed by atoms with van der Waals surface area (Å²) in [7, 11) is 1.86. The van der Waals surface area contributed by atoms with Gasteiger partial charge in [0.2, 0.25) is 5.91 Å². The van der Waals surface area contributed by atoms with Gasteiger partial charge in [0.25, 0.3) is 0 Å². The molecule has 1 amide bonds. The van der Waals surface area contributed by atoms with Gasteiger partial charge in [-0.25, -0.2) is 0 Å². The van der Waals surface area contributed by atoms with E-state index in [2.05, 4.69) is 6.07 Å². The van der Waals surface area contributed by atoms with E-state index in [9.17, 15) is 4.79 Å². The number of nitriles is 1. The lowest BCUT2D eigenvalue weighted by Crippen LogP contribution is -2.37. The summed E-state index contributed by atoms with van der Waals surface area (Å²) >= 11 is 0. The average Bonchev–Trinajstić information content (AvgIpc) is 2.92. The number of benzene rings is 1. The van der Waals surface area contributed by atoms with Gasteiger partial charge in [0.05, 0.1) is 17.8 Å². The van der Waals surface area contributed by atoms with Crippen molar-refractivity contribution >= 4 is 11.6 Å². The molecule has 0 aromatic heterocycles. The molecule has 2 rings (SSSR count). The van der Waals surface area contributed by atoms with Gasteiger partial charge in [0.15, 0.2) is 0 Å². The zero-order valence-corrected chi connectivity index (χ0v) is 11.5. The van der Waals surface area contributed by atoms with E-state index in [-0.39, 0.29) is 5.91 Å². The van der Waals surface area contributed by atoms with E-state index < -0.39 is 0 Å². The van der Waals surface area contributed by atoms with Crippen LogP contribution in [0.5, 0.6) is 0 Å². The number of anilines is 1. The van der Waals surface area contributed by atoms with Crippen molar-refractivity contribution in [2.75, 3.05) is 31.6 Å². The topological polar surface area (TPSA) is 47.3 Å². The first-order chi connectivity index (χ1) is 9.11. The average molecular weight is 257 g/mol. The van der Waals surface area contributed by atoms with E-state index >= 15 is 0 Å². The minimum atomic E-state index is 0.143. The summed E-state index contributed by atoms with van der Waals surface area (Å²) in [5.41, 5.74) is 2.50. The number of aryl methyl sites for hydroxylation is 1. The third-order valence-corrected chi connectivity index (χ3v) is 3.51. The molecule has 1 saturated heterocycles. The molecule has 4 nitrogen and oxygen atoms in total. The highest BCUT2D eigenvalue weighted by molar-refractivity contribution is 5.82. The van der Waals surface area contributed by atoms with Crippen LogP contribution < -0.4 is 4.90 Å². The molecule has 19 heavy (non-hydrogen) atoms. The Labute approximate surface area is 114 Å². The molecule has 1 aromatic rings. The van der Waals surface area contributed by atoms with Crippen molar-refractivity contribution in [2.45, 2.75) is 19.8 Å². The highest BCUT2D eigenvalue weighted by Gasteiger charge is 2.20. The molecule has 1 aromatic carbocycles. The quantitative estimate of drug-likeness (QED) is 0.831. The van der Waals surface area contributed by atoms with E-state index in [1.165, 1.54) is 0 Å². The van der Waals surface area contributed by atoms with Crippen LogP contribution in [0.1, 0.15) is 24.0 Å². The molecule has 0 aliphatic carbocycles. The van der Waals surface area contributed by atoms with Crippen molar-refractivity contribution in [2.24, 2.45) is 0 Å². The summed E-state index contributed by atoms with van der Waals surface area (Å²) in [5, 5.41) is 9.17. The van der Waals surface area contributed by atoms with Crippen molar-refractivity contribution in [3.63, 3.8) is 0 Å². The lowest BCUT2D eigenvalue weighted by atomic mass is 10.1. The van der Waals surface area contributed by atoms with Gasteiger partial charge in [-0.05, 0) is 37.5 Å². The second-order valence-electron chi connectivity index (χ2n) is 5.08. The van der Waals surface area contributed by atoms with Crippen LogP contribution in [0, 0.1) is 18.3 Å². The third kappa shape index (κ3) is 3.05. The van der Waals surface area contributed by atoms with Crippen molar-refractivity contribution < 1.29 is 4.79 Å². The smallest absolute Gasteiger partial charge is 0.242 e. The van der Waals surface area contributed by atoms with E-state index in [4.69, 9.17) is 5.26 Å². The Hall–Kier alpha value is -2.02. The summed E-state index contributed by atoms with van der Waals surface area (Å²) in [6.45, 7) is 4.02. The molecule has 0 spiro atoms. The van der Waals surface area contributed by atoms with Gasteiger partial charge in [0.1, 0.15) is 6.07 Å². The summed E-state index contributed by atoms with van der Waals surface area (Å²) in [4.78, 5) is 15.9. The fourth-order valence-electron chi connectivity index (χ4n) is 2.43. The predicted octanol–water partition coefficient (Wildman–Crippen LogP) is 1.93. The minimum Gasteiger partial charge on any atom is -0.364 e. The number of carbonyl (C=O) groups is 1. The second kappa shape index (κ2) is 5.75. The standard InChI is InChI=1S/C15H19N3O/c1-12-5-6-14(13(9-12)10-16)17(2)11-15(19)18-7-3-4-8-18/h5-6,9H,3-4,7-8,11H2,1-2H3. The maximum Gasteiger partial charge on any atom is 0.242 e. The Kier molecular flexibility index (Phi) is 4.06. The first kappa shape index (κ1) is 13.4. The van der Waals surface area contributed by atoms with Crippen molar-refractivity contribution in [1.82, 2.24) is 4.90 Å². The summed E-state index contributed by atoms with van der Waals surface area (Å²) in [6.07, 6.45) is 2.20. The Balaban J connectivity index is 2.09. The SMILES string of the molecule is Cc1ccc(N(C)CC(=O)N2CCCC2)c(C#N)c1. The van der Waals surface area contributed by atoms with Gasteiger partial charge in [-0.1, -0.05) is 6.07 Å². The molecule has 1 aliphatic heterocycles. The second-order valence-corrected chi connectivity index (χ2v) is 5.08. The van der Waals surface area contributed by atoms with Crippen LogP contribution in [-0.4, -0.2) is 37.5 Å². The highest BCUT2D eigenvalue weighted by atomic mass is 16.2. The number of hydrogen-bond acceptors (Lipinski definition) is 3. The number of rotatable bonds is 3. The van der Waals surface area contributed by atoms with Crippen LogP contribution in [0.25, 0.3) is 0 Å². The molecular formula is C15H19N3O. The van der Waals surface area contributed by atoms with E-state index in [1.807, 2.05) is 42.0 Å². The molecule has 0 N–H and O–H groups in total. The number of carbonyl (C=O) groups excluding carboxylic acids is 1. The Morgan fingerprint density at radius 3 is 2.74 bits per heavy atom. The fraction of sp³-hybridized carbons (Fsp3) is 0.467. The van der Waals surface area contributed by atoms with Gasteiger partial charge < -0.3 is 9.80 Å². The third-order valence-electron chi connectivity index (χ3n) is 3.51. The van der Waals surface area contributed by atoms with Gasteiger partial charge in [0, 0.05) is 20.1 Å². The molecule has 1 fully saturated rings. The molecule has 0 bridgehead atoms. The zero-order valence-electron chi connectivity index (χ0n) is 11.5. The maximum atomic E-state index is 12.1. The summed E-state index contributed by atoms with van der Waals surface area (Å²) in [5.74, 6) is 0.143. The van der Waals surface area contributed by atoms with Crippen molar-refractivity contribution in [1.29, 1.82) is 5.26 Å². The molecule has 1 aliphatic rings. The van der Waals surface area contributed by atoms with Gasteiger partial charge in [-0.2, -0.15) is 5.26 Å². The Morgan fingerprint density at radius 1 is 1.42 bits per heavy atom. The van der Waals surface area contributed by atoms with Crippen LogP contribution in [0.4, 0.5) is 5.69 Å². The van der Waals surface area contributed by atoms with Gasteiger partial charge in [-0.3, -0.25) is 4.79 Å². The molecule has 4 heteroatoms. The normalized spacial score (nSPS) is 14.3. The van der Waals surface area contributed by atoms with Gasteiger partial charge in [-0.15, -0.1) is 0 Å². The molecule has 0 radical (unpaired) electrons. The number of hydrogen-bond donors (Lipinski definition) is 0. The van der Waals surface area contributed by atoms with Crippen molar-refractivity contribution in [3.05, 3.63) is 29.3 Å². The Bertz CT molecular complexity index is 513. The monoisotopic (exact) mass is 257 g/mol. The van der Waals surface area contributed by atoms with Crippen LogP contribution in [-0.2, 0) is 4.79 Å². The predicted molar refractivity (Wildman–Crippen MR) is 75.0 cm³/mol. The van der Waals surface area contributed by atoms with Crippen LogP contribution in [0.15, 0.2) is 18.2 Å². The molecule has 100 valence electrons. The lowest BCUT2D eigenvalue weighted by molar-refractivity contribution is -0.128. The van der Waals surface area contributed by atoms with Crippen LogP contribution in [0.3, 0.4) is 0 Å². The zero-order chi connectivity index (χ0) is 13.8.